The van der Waals surface area contributed by atoms with Gasteiger partial charge in [0.15, 0.2) is 0 Å². The number of amides is 1. The molecule has 0 bridgehead atoms. The van der Waals surface area contributed by atoms with Crippen molar-refractivity contribution < 1.29 is 14.1 Å². The number of nitriles is 1. The summed E-state index contributed by atoms with van der Waals surface area (Å²) in [6.45, 7) is 0. The Hall–Kier alpha value is -3.27. The molecule has 6 nitrogen and oxygen atoms in total. The minimum atomic E-state index is -0.873. The number of halogens is 1. The summed E-state index contributed by atoms with van der Waals surface area (Å²) in [5, 5.41) is 19.8. The zero-order valence-electron chi connectivity index (χ0n) is 10.5. The van der Waals surface area contributed by atoms with E-state index in [0.717, 1.165) is 18.2 Å². The quantitative estimate of drug-likeness (QED) is 0.689. The number of carbonyl (C=O) groups is 1. The van der Waals surface area contributed by atoms with Gasteiger partial charge in [0, 0.05) is 17.7 Å². The largest absolute Gasteiger partial charge is 0.366 e. The third-order valence-corrected chi connectivity index (χ3v) is 2.87. The molecule has 21 heavy (non-hydrogen) atoms. The molecule has 2 aromatic carbocycles. The molecule has 1 amide bonds. The van der Waals surface area contributed by atoms with Gasteiger partial charge >= 0.3 is 0 Å². The summed E-state index contributed by atoms with van der Waals surface area (Å²) in [5.74, 6) is -1.47. The number of non-ortho nitro benzene ring substituents is 1. The van der Waals surface area contributed by atoms with Crippen LogP contribution in [0.2, 0.25) is 0 Å². The van der Waals surface area contributed by atoms with E-state index in [1.54, 1.807) is 0 Å². The number of primary amides is 1. The Kier molecular flexibility index (Phi) is 3.63. The van der Waals surface area contributed by atoms with Gasteiger partial charge in [-0.15, -0.1) is 0 Å². The molecular weight excluding hydrogens is 277 g/mol. The molecule has 0 unspecified atom stereocenters. The van der Waals surface area contributed by atoms with Gasteiger partial charge in [-0.3, -0.25) is 14.9 Å². The van der Waals surface area contributed by atoms with Crippen LogP contribution in [0.25, 0.3) is 11.1 Å². The number of nitrogens with two attached hydrogens (primary N) is 1. The number of hydrogen-bond acceptors (Lipinski definition) is 4. The van der Waals surface area contributed by atoms with Crippen molar-refractivity contribution in [3.05, 3.63) is 63.5 Å². The first-order chi connectivity index (χ1) is 9.93. The number of rotatable bonds is 3. The molecule has 0 aliphatic carbocycles. The zero-order chi connectivity index (χ0) is 15.6. The smallest absolute Gasteiger partial charge is 0.270 e. The average Bonchev–Trinajstić information content (AvgIpc) is 2.46. The minimum absolute atomic E-state index is 0.00588. The number of carbonyl (C=O) groups excluding carboxylic acids is 1. The monoisotopic (exact) mass is 285 g/mol. The first kappa shape index (κ1) is 14.1. The van der Waals surface area contributed by atoms with Crippen molar-refractivity contribution in [1.29, 1.82) is 5.26 Å². The molecule has 0 saturated heterocycles. The van der Waals surface area contributed by atoms with E-state index < -0.39 is 16.6 Å². The van der Waals surface area contributed by atoms with Gasteiger partial charge in [-0.25, -0.2) is 4.39 Å². The Morgan fingerprint density at radius 2 is 1.90 bits per heavy atom. The molecule has 0 aliphatic rings. The van der Waals surface area contributed by atoms with E-state index >= 15 is 0 Å². The Bertz CT molecular complexity index is 797. The summed E-state index contributed by atoms with van der Waals surface area (Å²) < 4.78 is 13.1. The predicted molar refractivity (Wildman–Crippen MR) is 71.7 cm³/mol. The van der Waals surface area contributed by atoms with Crippen molar-refractivity contribution in [3.8, 4) is 17.2 Å². The molecule has 0 aromatic heterocycles. The number of nitrogens with zero attached hydrogens (tertiary/aromatic N) is 2. The van der Waals surface area contributed by atoms with Crippen molar-refractivity contribution in [3.63, 3.8) is 0 Å². The summed E-state index contributed by atoms with van der Waals surface area (Å²) in [4.78, 5) is 21.6. The van der Waals surface area contributed by atoms with Crippen LogP contribution in [0.15, 0.2) is 36.4 Å². The van der Waals surface area contributed by atoms with Crippen LogP contribution >= 0.6 is 0 Å². The lowest BCUT2D eigenvalue weighted by Crippen LogP contribution is -2.13. The van der Waals surface area contributed by atoms with Gasteiger partial charge in [0.1, 0.15) is 5.82 Å². The Balaban J connectivity index is 2.73. The lowest BCUT2D eigenvalue weighted by Gasteiger charge is -2.08. The molecule has 7 heteroatoms. The highest BCUT2D eigenvalue weighted by Gasteiger charge is 2.18. The summed E-state index contributed by atoms with van der Waals surface area (Å²) in [7, 11) is 0. The van der Waals surface area contributed by atoms with Crippen LogP contribution in [0.5, 0.6) is 0 Å². The lowest BCUT2D eigenvalue weighted by molar-refractivity contribution is -0.384. The normalized spacial score (nSPS) is 9.90. The highest BCUT2D eigenvalue weighted by molar-refractivity contribution is 6.01. The second-order valence-corrected chi connectivity index (χ2v) is 4.15. The second kappa shape index (κ2) is 5.38. The standard InChI is InChI=1S/C14H8FN3O3/c15-9-1-3-11(8(5-9)7-16)12-4-2-10(18(20)21)6-13(12)14(17)19/h1-6H,(H2,17,19). The van der Waals surface area contributed by atoms with Crippen LogP contribution < -0.4 is 5.73 Å². The molecule has 0 aliphatic heterocycles. The van der Waals surface area contributed by atoms with Gasteiger partial charge in [0.05, 0.1) is 22.1 Å². The van der Waals surface area contributed by atoms with Crippen LogP contribution in [0.4, 0.5) is 10.1 Å². The maximum absolute atomic E-state index is 13.1. The Morgan fingerprint density at radius 3 is 2.48 bits per heavy atom. The van der Waals surface area contributed by atoms with Crippen LogP contribution in [0, 0.1) is 27.3 Å². The molecule has 2 N–H and O–H groups in total. The molecule has 0 atom stereocenters. The number of benzene rings is 2. The topological polar surface area (TPSA) is 110 Å². The first-order valence-corrected chi connectivity index (χ1v) is 5.72. The second-order valence-electron chi connectivity index (χ2n) is 4.15. The number of nitro benzene ring substituents is 1. The zero-order valence-corrected chi connectivity index (χ0v) is 10.5. The summed E-state index contributed by atoms with van der Waals surface area (Å²) in [5.41, 5.74) is 5.35. The molecule has 0 heterocycles. The molecule has 0 radical (unpaired) electrons. The predicted octanol–water partition coefficient (Wildman–Crippen LogP) is 2.37. The van der Waals surface area contributed by atoms with E-state index in [1.807, 2.05) is 6.07 Å². The molecule has 0 saturated carbocycles. The Morgan fingerprint density at radius 1 is 1.24 bits per heavy atom. The summed E-state index contributed by atoms with van der Waals surface area (Å²) in [6, 6.07) is 8.80. The average molecular weight is 285 g/mol. The van der Waals surface area contributed by atoms with E-state index in [4.69, 9.17) is 11.0 Å². The third kappa shape index (κ3) is 2.69. The van der Waals surface area contributed by atoms with E-state index in [2.05, 4.69) is 0 Å². The fourth-order valence-corrected chi connectivity index (χ4v) is 1.93. The van der Waals surface area contributed by atoms with Gasteiger partial charge in [0.25, 0.3) is 5.69 Å². The molecule has 2 aromatic rings. The van der Waals surface area contributed by atoms with Crippen molar-refractivity contribution in [2.75, 3.05) is 0 Å². The molecule has 2 rings (SSSR count). The van der Waals surface area contributed by atoms with E-state index in [0.29, 0.717) is 0 Å². The van der Waals surface area contributed by atoms with E-state index in [1.165, 1.54) is 18.2 Å². The van der Waals surface area contributed by atoms with Crippen LogP contribution in [0.3, 0.4) is 0 Å². The Labute approximate surface area is 118 Å². The van der Waals surface area contributed by atoms with Gasteiger partial charge < -0.3 is 5.73 Å². The van der Waals surface area contributed by atoms with Crippen LogP contribution in [-0.4, -0.2) is 10.8 Å². The van der Waals surface area contributed by atoms with Crippen LogP contribution in [-0.2, 0) is 0 Å². The van der Waals surface area contributed by atoms with Gasteiger partial charge in [-0.2, -0.15) is 5.26 Å². The third-order valence-electron chi connectivity index (χ3n) is 2.87. The first-order valence-electron chi connectivity index (χ1n) is 5.72. The van der Waals surface area contributed by atoms with Crippen molar-refractivity contribution in [2.45, 2.75) is 0 Å². The number of hydrogen-bond donors (Lipinski definition) is 1. The molecule has 0 spiro atoms. The summed E-state index contributed by atoms with van der Waals surface area (Å²) >= 11 is 0. The van der Waals surface area contributed by atoms with Crippen molar-refractivity contribution in [2.24, 2.45) is 5.73 Å². The van der Waals surface area contributed by atoms with Crippen molar-refractivity contribution >= 4 is 11.6 Å². The maximum Gasteiger partial charge on any atom is 0.270 e. The highest BCUT2D eigenvalue weighted by atomic mass is 19.1. The SMILES string of the molecule is N#Cc1cc(F)ccc1-c1ccc([N+](=O)[O-])cc1C(N)=O. The van der Waals surface area contributed by atoms with Gasteiger partial charge in [-0.1, -0.05) is 6.07 Å². The fraction of sp³-hybridized carbons (Fsp3) is 0. The van der Waals surface area contributed by atoms with E-state index in [-0.39, 0.29) is 27.9 Å². The lowest BCUT2D eigenvalue weighted by atomic mass is 9.95. The van der Waals surface area contributed by atoms with E-state index in [9.17, 15) is 19.3 Å². The molecular formula is C14H8FN3O3. The fourth-order valence-electron chi connectivity index (χ4n) is 1.93. The number of nitro groups is 1. The highest BCUT2D eigenvalue weighted by Crippen LogP contribution is 2.30. The van der Waals surface area contributed by atoms with Gasteiger partial charge in [-0.05, 0) is 23.8 Å². The summed E-state index contributed by atoms with van der Waals surface area (Å²) in [6.07, 6.45) is 0. The minimum Gasteiger partial charge on any atom is -0.366 e. The molecule has 0 fully saturated rings. The van der Waals surface area contributed by atoms with Gasteiger partial charge in [0.2, 0.25) is 5.91 Å². The van der Waals surface area contributed by atoms with Crippen LogP contribution in [0.1, 0.15) is 15.9 Å². The van der Waals surface area contributed by atoms with Crippen molar-refractivity contribution in [1.82, 2.24) is 0 Å². The maximum atomic E-state index is 13.1. The molecule has 104 valence electrons.